The number of benzene rings is 1. The van der Waals surface area contributed by atoms with Crippen LogP contribution in [0.2, 0.25) is 0 Å². The van der Waals surface area contributed by atoms with Crippen LogP contribution in [0.15, 0.2) is 27.4 Å². The molecule has 0 saturated heterocycles. The summed E-state index contributed by atoms with van der Waals surface area (Å²) in [5.41, 5.74) is -0.909. The molecule has 5 nitrogen and oxygen atoms in total. The van der Waals surface area contributed by atoms with Gasteiger partial charge < -0.3 is 14.6 Å². The molecular formula is C12H6O5. The van der Waals surface area contributed by atoms with Gasteiger partial charge in [0.2, 0.25) is 0 Å². The maximum atomic E-state index is 11.3. The minimum absolute atomic E-state index is 0.000437. The summed E-state index contributed by atoms with van der Waals surface area (Å²) in [6.45, 7) is 0. The summed E-state index contributed by atoms with van der Waals surface area (Å²) < 4.78 is 4.85. The van der Waals surface area contributed by atoms with Crippen LogP contribution in [-0.2, 0) is 0 Å². The maximum absolute atomic E-state index is 11.3. The number of rotatable bonds is 1. The molecule has 0 bridgehead atoms. The van der Waals surface area contributed by atoms with Crippen LogP contribution >= 0.6 is 0 Å². The Bertz CT molecular complexity index is 718. The molecule has 0 amide bonds. The third-order valence-electron chi connectivity index (χ3n) is 2.24. The molecule has 0 unspecified atom stereocenters. The molecule has 0 aliphatic carbocycles. The first-order valence-electron chi connectivity index (χ1n) is 4.53. The summed E-state index contributed by atoms with van der Waals surface area (Å²) in [4.78, 5) is 22.1. The lowest BCUT2D eigenvalue weighted by atomic mass is 10.1. The summed E-state index contributed by atoms with van der Waals surface area (Å²) in [5.74, 6) is 0.384. The molecule has 0 saturated carbocycles. The van der Waals surface area contributed by atoms with Gasteiger partial charge in [-0.15, -0.1) is 6.42 Å². The first kappa shape index (κ1) is 10.8. The first-order chi connectivity index (χ1) is 8.02. The maximum Gasteiger partial charge on any atom is 0.352 e. The molecule has 84 valence electrons. The van der Waals surface area contributed by atoms with Crippen LogP contribution in [0.25, 0.3) is 11.0 Å². The molecule has 0 aliphatic heterocycles. The largest absolute Gasteiger partial charge is 0.507 e. The van der Waals surface area contributed by atoms with Crippen molar-refractivity contribution in [2.45, 2.75) is 0 Å². The third kappa shape index (κ3) is 1.72. The average molecular weight is 230 g/mol. The molecule has 0 fully saturated rings. The number of hydrogen-bond donors (Lipinski definition) is 2. The molecule has 1 aromatic carbocycles. The van der Waals surface area contributed by atoms with Gasteiger partial charge in [0.15, 0.2) is 0 Å². The lowest BCUT2D eigenvalue weighted by Crippen LogP contribution is -2.04. The fraction of sp³-hybridized carbons (Fsp3) is 0. The normalized spacial score (nSPS) is 10.1. The third-order valence-corrected chi connectivity index (χ3v) is 2.24. The van der Waals surface area contributed by atoms with E-state index in [-0.39, 0.29) is 16.7 Å². The smallest absolute Gasteiger partial charge is 0.352 e. The van der Waals surface area contributed by atoms with E-state index in [1.54, 1.807) is 0 Å². The van der Waals surface area contributed by atoms with E-state index in [2.05, 4.69) is 5.92 Å². The summed E-state index contributed by atoms with van der Waals surface area (Å²) in [7, 11) is 0. The molecule has 2 N–H and O–H groups in total. The van der Waals surface area contributed by atoms with Crippen LogP contribution in [-0.4, -0.2) is 16.2 Å². The van der Waals surface area contributed by atoms with Gasteiger partial charge in [0.1, 0.15) is 22.5 Å². The van der Waals surface area contributed by atoms with E-state index in [0.29, 0.717) is 5.39 Å². The minimum Gasteiger partial charge on any atom is -0.507 e. The predicted octanol–water partition coefficient (Wildman–Crippen LogP) is 1.18. The van der Waals surface area contributed by atoms with Gasteiger partial charge in [-0.2, -0.15) is 0 Å². The van der Waals surface area contributed by atoms with Crippen molar-refractivity contribution >= 4 is 16.9 Å². The van der Waals surface area contributed by atoms with Gasteiger partial charge >= 0.3 is 11.6 Å². The first-order valence-corrected chi connectivity index (χ1v) is 4.53. The molecule has 0 spiro atoms. The van der Waals surface area contributed by atoms with Crippen molar-refractivity contribution in [1.82, 2.24) is 0 Å². The highest BCUT2D eigenvalue weighted by Crippen LogP contribution is 2.24. The summed E-state index contributed by atoms with van der Waals surface area (Å²) in [6.07, 6.45) is 5.09. The molecule has 17 heavy (non-hydrogen) atoms. The zero-order chi connectivity index (χ0) is 12.6. The van der Waals surface area contributed by atoms with E-state index in [0.717, 1.165) is 6.07 Å². The zero-order valence-corrected chi connectivity index (χ0v) is 8.43. The number of terminal acetylenes is 1. The fourth-order valence-corrected chi connectivity index (χ4v) is 1.43. The SMILES string of the molecule is C#Cc1cc2cc(C(=O)O)c(O)cc2oc1=O. The Labute approximate surface area is 94.9 Å². The van der Waals surface area contributed by atoms with Gasteiger partial charge in [-0.1, -0.05) is 5.92 Å². The van der Waals surface area contributed by atoms with E-state index in [1.165, 1.54) is 12.1 Å². The van der Waals surface area contributed by atoms with E-state index < -0.39 is 17.3 Å². The second kappa shape index (κ2) is 3.68. The molecule has 0 aliphatic rings. The number of aromatic carboxylic acids is 1. The van der Waals surface area contributed by atoms with Crippen molar-refractivity contribution in [3.8, 4) is 18.1 Å². The quantitative estimate of drug-likeness (QED) is 0.567. The number of phenols is 1. The zero-order valence-electron chi connectivity index (χ0n) is 8.43. The lowest BCUT2D eigenvalue weighted by molar-refractivity contribution is 0.0694. The van der Waals surface area contributed by atoms with Crippen LogP contribution in [0.5, 0.6) is 5.75 Å². The van der Waals surface area contributed by atoms with Crippen LogP contribution < -0.4 is 5.63 Å². The van der Waals surface area contributed by atoms with Gasteiger partial charge in [0.05, 0.1) is 0 Å². The predicted molar refractivity (Wildman–Crippen MR) is 59.0 cm³/mol. The van der Waals surface area contributed by atoms with Crippen molar-refractivity contribution in [1.29, 1.82) is 0 Å². The van der Waals surface area contributed by atoms with Crippen molar-refractivity contribution in [2.75, 3.05) is 0 Å². The average Bonchev–Trinajstić information content (AvgIpc) is 2.27. The van der Waals surface area contributed by atoms with Gasteiger partial charge in [0, 0.05) is 11.5 Å². The topological polar surface area (TPSA) is 87.7 Å². The second-order valence-electron chi connectivity index (χ2n) is 3.30. The molecule has 1 aromatic heterocycles. The van der Waals surface area contributed by atoms with Crippen molar-refractivity contribution in [3.63, 3.8) is 0 Å². The molecule has 1 heterocycles. The van der Waals surface area contributed by atoms with Crippen molar-refractivity contribution < 1.29 is 19.4 Å². The Morgan fingerprint density at radius 1 is 1.35 bits per heavy atom. The second-order valence-corrected chi connectivity index (χ2v) is 3.30. The minimum atomic E-state index is -1.28. The number of hydrogen-bond acceptors (Lipinski definition) is 4. The summed E-state index contributed by atoms with van der Waals surface area (Å²) in [6, 6.07) is 3.60. The fourth-order valence-electron chi connectivity index (χ4n) is 1.43. The lowest BCUT2D eigenvalue weighted by Gasteiger charge is -2.02. The molecule has 0 atom stereocenters. The number of carboxylic acids is 1. The number of aromatic hydroxyl groups is 1. The molecule has 5 heteroatoms. The molecule has 2 aromatic rings. The Morgan fingerprint density at radius 3 is 2.65 bits per heavy atom. The van der Waals surface area contributed by atoms with E-state index >= 15 is 0 Å². The Morgan fingerprint density at radius 2 is 2.06 bits per heavy atom. The Balaban J connectivity index is 2.86. The highest BCUT2D eigenvalue weighted by Gasteiger charge is 2.13. The van der Waals surface area contributed by atoms with Crippen LogP contribution in [0.3, 0.4) is 0 Å². The summed E-state index contributed by atoms with van der Waals surface area (Å²) >= 11 is 0. The van der Waals surface area contributed by atoms with Crippen LogP contribution in [0.4, 0.5) is 0 Å². The van der Waals surface area contributed by atoms with E-state index in [9.17, 15) is 14.7 Å². The van der Waals surface area contributed by atoms with Crippen molar-refractivity contribution in [2.24, 2.45) is 0 Å². The van der Waals surface area contributed by atoms with Gasteiger partial charge in [-0.05, 0) is 12.1 Å². The highest BCUT2D eigenvalue weighted by atomic mass is 16.4. The monoisotopic (exact) mass is 230 g/mol. The number of carboxylic acid groups (broad SMARTS) is 1. The van der Waals surface area contributed by atoms with Gasteiger partial charge in [0.25, 0.3) is 0 Å². The number of carbonyl (C=O) groups is 1. The van der Waals surface area contributed by atoms with Crippen LogP contribution in [0.1, 0.15) is 15.9 Å². The molecule has 2 rings (SSSR count). The highest BCUT2D eigenvalue weighted by molar-refractivity contribution is 5.96. The standard InChI is InChI=1S/C12H6O5/c1-2-6-3-7-4-8(11(14)15)9(13)5-10(7)17-12(6)16/h1,3-5,13H,(H,14,15). The van der Waals surface area contributed by atoms with Crippen LogP contribution in [0, 0.1) is 12.3 Å². The molecular weight excluding hydrogens is 224 g/mol. The van der Waals surface area contributed by atoms with Crippen molar-refractivity contribution in [3.05, 3.63) is 39.7 Å². The number of fused-ring (bicyclic) bond motifs is 1. The van der Waals surface area contributed by atoms with Gasteiger partial charge in [-0.25, -0.2) is 9.59 Å². The van der Waals surface area contributed by atoms with E-state index in [4.69, 9.17) is 15.9 Å². The molecule has 0 radical (unpaired) electrons. The Kier molecular flexibility index (Phi) is 2.33. The van der Waals surface area contributed by atoms with Gasteiger partial charge in [-0.3, -0.25) is 0 Å². The summed E-state index contributed by atoms with van der Waals surface area (Å²) in [5, 5.41) is 18.6. The Hall–Kier alpha value is -2.74. The van der Waals surface area contributed by atoms with E-state index in [1.807, 2.05) is 0 Å².